The second kappa shape index (κ2) is 5.22. The fourth-order valence-corrected chi connectivity index (χ4v) is 5.34. The summed E-state index contributed by atoms with van der Waals surface area (Å²) in [4.78, 5) is 10.5. The van der Waals surface area contributed by atoms with Crippen molar-refractivity contribution in [2.45, 2.75) is 64.2 Å². The number of rotatable bonds is 6. The summed E-state index contributed by atoms with van der Waals surface area (Å²) in [5.74, 6) is 4.61. The topological polar surface area (TPSA) is 37.3 Å². The number of carboxylic acids is 1. The van der Waals surface area contributed by atoms with Crippen molar-refractivity contribution < 1.29 is 9.90 Å². The van der Waals surface area contributed by atoms with Gasteiger partial charge in [-0.2, -0.15) is 0 Å². The molecule has 2 heteroatoms. The standard InChI is InChI=1S/C16H26O2/c17-16(18)5-3-1-2-4-15-13-7-11-6-12(9-13)10-14(15)8-11/h11-15H,1-10H2,(H,17,18). The smallest absolute Gasteiger partial charge is 0.303 e. The molecule has 2 nitrogen and oxygen atoms in total. The lowest BCUT2D eigenvalue weighted by Crippen LogP contribution is -2.44. The van der Waals surface area contributed by atoms with Gasteiger partial charge in [0.05, 0.1) is 0 Å². The highest BCUT2D eigenvalue weighted by Crippen LogP contribution is 2.57. The molecule has 0 aromatic carbocycles. The van der Waals surface area contributed by atoms with Crippen molar-refractivity contribution in [1.29, 1.82) is 0 Å². The van der Waals surface area contributed by atoms with Crippen LogP contribution in [0.1, 0.15) is 64.2 Å². The van der Waals surface area contributed by atoms with Crippen molar-refractivity contribution in [2.75, 3.05) is 0 Å². The molecule has 4 aliphatic carbocycles. The van der Waals surface area contributed by atoms with Crippen LogP contribution in [-0.4, -0.2) is 11.1 Å². The summed E-state index contributed by atoms with van der Waals surface area (Å²) in [6.45, 7) is 0. The van der Waals surface area contributed by atoms with E-state index in [1.54, 1.807) is 6.42 Å². The van der Waals surface area contributed by atoms with Gasteiger partial charge in [-0.15, -0.1) is 0 Å². The minimum Gasteiger partial charge on any atom is -0.481 e. The first-order valence-electron chi connectivity index (χ1n) is 7.94. The molecule has 4 aliphatic rings. The van der Waals surface area contributed by atoms with Gasteiger partial charge in [0.2, 0.25) is 0 Å². The van der Waals surface area contributed by atoms with Gasteiger partial charge in [0.1, 0.15) is 0 Å². The molecule has 0 aromatic heterocycles. The van der Waals surface area contributed by atoms with Crippen LogP contribution in [0.2, 0.25) is 0 Å². The Bertz CT molecular complexity index is 282. The van der Waals surface area contributed by atoms with Crippen LogP contribution < -0.4 is 0 Å². The second-order valence-corrected chi connectivity index (χ2v) is 7.09. The molecular formula is C16H26O2. The van der Waals surface area contributed by atoms with Crippen LogP contribution in [0.5, 0.6) is 0 Å². The van der Waals surface area contributed by atoms with E-state index in [0.717, 1.165) is 42.4 Å². The van der Waals surface area contributed by atoms with Gasteiger partial charge in [0.25, 0.3) is 0 Å². The lowest BCUT2D eigenvalue weighted by atomic mass is 9.51. The third kappa shape index (κ3) is 2.57. The predicted molar refractivity (Wildman–Crippen MR) is 71.3 cm³/mol. The molecule has 102 valence electrons. The monoisotopic (exact) mass is 250 g/mol. The van der Waals surface area contributed by atoms with E-state index in [9.17, 15) is 4.79 Å². The number of aliphatic carboxylic acids is 1. The van der Waals surface area contributed by atoms with Gasteiger partial charge < -0.3 is 5.11 Å². The highest BCUT2D eigenvalue weighted by atomic mass is 16.4. The maximum atomic E-state index is 10.5. The van der Waals surface area contributed by atoms with E-state index in [1.807, 2.05) is 0 Å². The first-order valence-corrected chi connectivity index (χ1v) is 7.94. The van der Waals surface area contributed by atoms with Crippen molar-refractivity contribution in [3.8, 4) is 0 Å². The number of hydrogen-bond acceptors (Lipinski definition) is 1. The zero-order valence-electron chi connectivity index (χ0n) is 11.3. The van der Waals surface area contributed by atoms with Crippen molar-refractivity contribution in [2.24, 2.45) is 29.6 Å². The molecule has 0 amide bonds. The van der Waals surface area contributed by atoms with Crippen LogP contribution in [0.3, 0.4) is 0 Å². The lowest BCUT2D eigenvalue weighted by Gasteiger charge is -2.54. The Balaban J connectivity index is 1.42. The largest absolute Gasteiger partial charge is 0.481 e. The molecule has 18 heavy (non-hydrogen) atoms. The van der Waals surface area contributed by atoms with Crippen LogP contribution in [0, 0.1) is 29.6 Å². The highest BCUT2D eigenvalue weighted by Gasteiger charge is 2.47. The van der Waals surface area contributed by atoms with E-state index < -0.39 is 5.97 Å². The van der Waals surface area contributed by atoms with E-state index >= 15 is 0 Å². The summed E-state index contributed by atoms with van der Waals surface area (Å²) >= 11 is 0. The summed E-state index contributed by atoms with van der Waals surface area (Å²) in [6, 6.07) is 0. The Morgan fingerprint density at radius 1 is 0.889 bits per heavy atom. The predicted octanol–water partition coefficient (Wildman–Crippen LogP) is 4.09. The number of unbranched alkanes of at least 4 members (excludes halogenated alkanes) is 2. The van der Waals surface area contributed by atoms with Crippen molar-refractivity contribution >= 4 is 5.97 Å². The number of carboxylic acid groups (broad SMARTS) is 1. The summed E-state index contributed by atoms with van der Waals surface area (Å²) in [5.41, 5.74) is 0. The van der Waals surface area contributed by atoms with E-state index in [0.29, 0.717) is 6.42 Å². The normalized spacial score (nSPS) is 41.2. The van der Waals surface area contributed by atoms with Gasteiger partial charge in [0.15, 0.2) is 0 Å². The molecular weight excluding hydrogens is 224 g/mol. The van der Waals surface area contributed by atoms with Crippen LogP contribution >= 0.6 is 0 Å². The quantitative estimate of drug-likeness (QED) is 0.721. The lowest BCUT2D eigenvalue weighted by molar-refractivity contribution is -0.137. The molecule has 4 rings (SSSR count). The highest BCUT2D eigenvalue weighted by molar-refractivity contribution is 5.66. The fraction of sp³-hybridized carbons (Fsp3) is 0.938. The average molecular weight is 250 g/mol. The Hall–Kier alpha value is -0.530. The Labute approximate surface area is 110 Å². The Kier molecular flexibility index (Phi) is 3.63. The maximum Gasteiger partial charge on any atom is 0.303 e. The third-order valence-electron chi connectivity index (χ3n) is 5.85. The zero-order chi connectivity index (χ0) is 12.5. The molecule has 0 spiro atoms. The number of carbonyl (C=O) groups is 1. The Morgan fingerprint density at radius 3 is 2.06 bits per heavy atom. The summed E-state index contributed by atoms with van der Waals surface area (Å²) < 4.78 is 0. The summed E-state index contributed by atoms with van der Waals surface area (Å²) in [7, 11) is 0. The zero-order valence-corrected chi connectivity index (χ0v) is 11.3. The van der Waals surface area contributed by atoms with Gasteiger partial charge in [-0.3, -0.25) is 4.79 Å². The minimum atomic E-state index is -0.635. The van der Waals surface area contributed by atoms with E-state index in [4.69, 9.17) is 5.11 Å². The molecule has 0 aromatic rings. The molecule has 0 radical (unpaired) electrons. The Morgan fingerprint density at radius 2 is 1.50 bits per heavy atom. The molecule has 4 saturated carbocycles. The molecule has 1 N–H and O–H groups in total. The second-order valence-electron chi connectivity index (χ2n) is 7.09. The van der Waals surface area contributed by atoms with Crippen molar-refractivity contribution in [1.82, 2.24) is 0 Å². The average Bonchev–Trinajstić information content (AvgIpc) is 2.30. The third-order valence-corrected chi connectivity index (χ3v) is 5.85. The molecule has 4 bridgehead atoms. The van der Waals surface area contributed by atoms with Gasteiger partial charge in [-0.1, -0.05) is 12.8 Å². The number of hydrogen-bond donors (Lipinski definition) is 1. The van der Waals surface area contributed by atoms with E-state index in [-0.39, 0.29) is 0 Å². The first kappa shape index (κ1) is 12.5. The van der Waals surface area contributed by atoms with E-state index in [2.05, 4.69) is 0 Å². The van der Waals surface area contributed by atoms with Gasteiger partial charge in [-0.05, 0) is 74.5 Å². The van der Waals surface area contributed by atoms with Crippen LogP contribution in [0.4, 0.5) is 0 Å². The molecule has 0 saturated heterocycles. The van der Waals surface area contributed by atoms with Crippen LogP contribution in [0.25, 0.3) is 0 Å². The SMILES string of the molecule is O=C(O)CCCCCC1C2CC3CC(C2)CC1C3. The first-order chi connectivity index (χ1) is 8.72. The molecule has 0 aliphatic heterocycles. The van der Waals surface area contributed by atoms with Gasteiger partial charge in [0, 0.05) is 6.42 Å². The molecule has 0 unspecified atom stereocenters. The van der Waals surface area contributed by atoms with Gasteiger partial charge in [-0.25, -0.2) is 0 Å². The summed E-state index contributed by atoms with van der Waals surface area (Å²) in [6.07, 6.45) is 12.6. The molecule has 0 atom stereocenters. The van der Waals surface area contributed by atoms with Crippen LogP contribution in [0.15, 0.2) is 0 Å². The summed E-state index contributed by atoms with van der Waals surface area (Å²) in [5, 5.41) is 8.63. The van der Waals surface area contributed by atoms with E-state index in [1.165, 1.54) is 38.5 Å². The molecule has 0 heterocycles. The van der Waals surface area contributed by atoms with Crippen molar-refractivity contribution in [3.05, 3.63) is 0 Å². The fourth-order valence-electron chi connectivity index (χ4n) is 5.34. The molecule has 4 fully saturated rings. The maximum absolute atomic E-state index is 10.5. The van der Waals surface area contributed by atoms with Gasteiger partial charge >= 0.3 is 5.97 Å². The minimum absolute atomic E-state index is 0.363. The van der Waals surface area contributed by atoms with Crippen molar-refractivity contribution in [3.63, 3.8) is 0 Å². The van der Waals surface area contributed by atoms with Crippen LogP contribution in [-0.2, 0) is 4.79 Å².